The number of allylic oxidation sites excluding steroid dienone is 1. The maximum absolute atomic E-state index is 10.9. The predicted molar refractivity (Wildman–Crippen MR) is 52.3 cm³/mol. The lowest BCUT2D eigenvalue weighted by Crippen LogP contribution is -2.11. The molecule has 0 radical (unpaired) electrons. The average Bonchev–Trinajstić information content (AvgIpc) is 2.17. The van der Waals surface area contributed by atoms with Crippen LogP contribution >= 0.6 is 0 Å². The fraction of sp³-hybridized carbons (Fsp3) is 0.182. The highest BCUT2D eigenvalue weighted by Crippen LogP contribution is 2.19. The van der Waals surface area contributed by atoms with E-state index in [0.29, 0.717) is 5.56 Å². The van der Waals surface area contributed by atoms with Gasteiger partial charge in [-0.15, -0.1) is 0 Å². The van der Waals surface area contributed by atoms with Gasteiger partial charge in [-0.3, -0.25) is 4.79 Å². The molecule has 13 heavy (non-hydrogen) atoms. The van der Waals surface area contributed by atoms with Crippen molar-refractivity contribution in [1.29, 1.82) is 0 Å². The molecule has 0 unspecified atom stereocenters. The van der Waals surface area contributed by atoms with Crippen molar-refractivity contribution < 1.29 is 4.79 Å². The molecule has 66 valence electrons. The molecule has 0 spiro atoms. The molecule has 0 aliphatic heterocycles. The van der Waals surface area contributed by atoms with Crippen molar-refractivity contribution in [3.8, 4) is 0 Å². The third-order valence-electron chi connectivity index (χ3n) is 2.31. The van der Waals surface area contributed by atoms with Gasteiger partial charge in [-0.25, -0.2) is 0 Å². The first-order chi connectivity index (χ1) is 6.27. The van der Waals surface area contributed by atoms with E-state index in [1.807, 2.05) is 12.1 Å². The largest absolute Gasteiger partial charge is 0.366 e. The highest BCUT2D eigenvalue weighted by Gasteiger charge is 2.07. The summed E-state index contributed by atoms with van der Waals surface area (Å²) >= 11 is 0. The normalized spacial score (nSPS) is 13.8. The summed E-state index contributed by atoms with van der Waals surface area (Å²) in [5.74, 6) is -0.350. The van der Waals surface area contributed by atoms with E-state index in [2.05, 4.69) is 12.2 Å². The molecule has 0 aromatic heterocycles. The van der Waals surface area contributed by atoms with Crippen LogP contribution < -0.4 is 5.73 Å². The van der Waals surface area contributed by atoms with E-state index < -0.39 is 0 Å². The Morgan fingerprint density at radius 1 is 1.38 bits per heavy atom. The quantitative estimate of drug-likeness (QED) is 0.690. The molecular formula is C11H11NO. The number of amides is 1. The van der Waals surface area contributed by atoms with Crippen LogP contribution in [0.2, 0.25) is 0 Å². The summed E-state index contributed by atoms with van der Waals surface area (Å²) in [7, 11) is 0. The van der Waals surface area contributed by atoms with Gasteiger partial charge in [-0.2, -0.15) is 0 Å². The summed E-state index contributed by atoms with van der Waals surface area (Å²) in [6.07, 6.45) is 6.29. The Morgan fingerprint density at radius 2 is 2.23 bits per heavy atom. The minimum Gasteiger partial charge on any atom is -0.366 e. The van der Waals surface area contributed by atoms with Gasteiger partial charge in [0.1, 0.15) is 0 Å². The van der Waals surface area contributed by atoms with Crippen molar-refractivity contribution in [1.82, 2.24) is 0 Å². The van der Waals surface area contributed by atoms with E-state index in [4.69, 9.17) is 5.73 Å². The SMILES string of the molecule is NC(=O)c1ccc2c(c1)CCC=C2. The molecule has 1 amide bonds. The van der Waals surface area contributed by atoms with E-state index in [1.54, 1.807) is 6.07 Å². The molecule has 0 heterocycles. The van der Waals surface area contributed by atoms with Gasteiger partial charge in [0.25, 0.3) is 0 Å². The first-order valence-electron chi connectivity index (χ1n) is 4.36. The second-order valence-corrected chi connectivity index (χ2v) is 3.22. The Hall–Kier alpha value is -1.57. The lowest BCUT2D eigenvalue weighted by molar-refractivity contribution is 0.1000. The molecule has 0 saturated carbocycles. The molecular weight excluding hydrogens is 162 g/mol. The zero-order valence-corrected chi connectivity index (χ0v) is 7.29. The van der Waals surface area contributed by atoms with Crippen LogP contribution in [-0.2, 0) is 6.42 Å². The Kier molecular flexibility index (Phi) is 1.89. The molecule has 0 bridgehead atoms. The van der Waals surface area contributed by atoms with Gasteiger partial charge < -0.3 is 5.73 Å². The van der Waals surface area contributed by atoms with Gasteiger partial charge in [-0.05, 0) is 36.1 Å². The fourth-order valence-electron chi connectivity index (χ4n) is 1.59. The van der Waals surface area contributed by atoms with Crippen LogP contribution in [0.5, 0.6) is 0 Å². The molecule has 0 fully saturated rings. The predicted octanol–water partition coefficient (Wildman–Crippen LogP) is 1.74. The maximum Gasteiger partial charge on any atom is 0.248 e. The van der Waals surface area contributed by atoms with E-state index in [0.717, 1.165) is 12.8 Å². The molecule has 0 atom stereocenters. The van der Waals surface area contributed by atoms with Crippen molar-refractivity contribution in [3.63, 3.8) is 0 Å². The molecule has 2 nitrogen and oxygen atoms in total. The Bertz CT molecular complexity index is 380. The minimum absolute atomic E-state index is 0.350. The van der Waals surface area contributed by atoms with Crippen LogP contribution in [0.3, 0.4) is 0 Å². The number of hydrogen-bond acceptors (Lipinski definition) is 1. The molecule has 1 aliphatic rings. The summed E-state index contributed by atoms with van der Waals surface area (Å²) in [5, 5.41) is 0. The molecule has 2 N–H and O–H groups in total. The van der Waals surface area contributed by atoms with Crippen LogP contribution in [0.1, 0.15) is 27.9 Å². The van der Waals surface area contributed by atoms with Gasteiger partial charge in [0.05, 0.1) is 0 Å². The smallest absolute Gasteiger partial charge is 0.248 e. The number of carbonyl (C=O) groups excluding carboxylic acids is 1. The molecule has 1 aromatic carbocycles. The number of aryl methyl sites for hydroxylation is 1. The minimum atomic E-state index is -0.350. The van der Waals surface area contributed by atoms with Gasteiger partial charge >= 0.3 is 0 Å². The maximum atomic E-state index is 10.9. The first-order valence-corrected chi connectivity index (χ1v) is 4.36. The highest BCUT2D eigenvalue weighted by molar-refractivity contribution is 5.93. The third kappa shape index (κ3) is 1.47. The highest BCUT2D eigenvalue weighted by atomic mass is 16.1. The zero-order valence-electron chi connectivity index (χ0n) is 7.29. The first kappa shape index (κ1) is 8.05. The average molecular weight is 173 g/mol. The summed E-state index contributed by atoms with van der Waals surface area (Å²) in [6, 6.07) is 5.61. The summed E-state index contributed by atoms with van der Waals surface area (Å²) in [6.45, 7) is 0. The van der Waals surface area contributed by atoms with Crippen LogP contribution in [0, 0.1) is 0 Å². The Balaban J connectivity index is 2.48. The van der Waals surface area contributed by atoms with Crippen molar-refractivity contribution in [2.24, 2.45) is 5.73 Å². The van der Waals surface area contributed by atoms with Gasteiger partial charge in [0, 0.05) is 5.56 Å². The third-order valence-corrected chi connectivity index (χ3v) is 2.31. The monoisotopic (exact) mass is 173 g/mol. The number of carbonyl (C=O) groups is 1. The summed E-state index contributed by atoms with van der Waals surface area (Å²) < 4.78 is 0. The van der Waals surface area contributed by atoms with E-state index >= 15 is 0 Å². The van der Waals surface area contributed by atoms with Crippen LogP contribution in [0.15, 0.2) is 24.3 Å². The fourth-order valence-corrected chi connectivity index (χ4v) is 1.59. The second kappa shape index (κ2) is 3.05. The van der Waals surface area contributed by atoms with Crippen molar-refractivity contribution in [2.45, 2.75) is 12.8 Å². The summed E-state index contributed by atoms with van der Waals surface area (Å²) in [4.78, 5) is 10.9. The molecule has 0 saturated heterocycles. The molecule has 1 aromatic rings. The Morgan fingerprint density at radius 3 is 3.00 bits per heavy atom. The zero-order chi connectivity index (χ0) is 9.26. The number of benzene rings is 1. The topological polar surface area (TPSA) is 43.1 Å². The van der Waals surface area contributed by atoms with Gasteiger partial charge in [-0.1, -0.05) is 18.2 Å². The second-order valence-electron chi connectivity index (χ2n) is 3.22. The Labute approximate surface area is 77.1 Å². The molecule has 1 aliphatic carbocycles. The van der Waals surface area contributed by atoms with Crippen LogP contribution in [-0.4, -0.2) is 5.91 Å². The number of fused-ring (bicyclic) bond motifs is 1. The van der Waals surface area contributed by atoms with E-state index in [9.17, 15) is 4.79 Å². The molecule has 2 rings (SSSR count). The van der Waals surface area contributed by atoms with Crippen molar-refractivity contribution in [2.75, 3.05) is 0 Å². The van der Waals surface area contributed by atoms with Gasteiger partial charge in [0.2, 0.25) is 5.91 Å². The van der Waals surface area contributed by atoms with Gasteiger partial charge in [0.15, 0.2) is 0 Å². The lowest BCUT2D eigenvalue weighted by atomic mass is 9.95. The van der Waals surface area contributed by atoms with Crippen LogP contribution in [0.25, 0.3) is 6.08 Å². The van der Waals surface area contributed by atoms with E-state index in [1.165, 1.54) is 11.1 Å². The number of nitrogens with two attached hydrogens (primary N) is 1. The number of rotatable bonds is 1. The summed E-state index contributed by atoms with van der Waals surface area (Å²) in [5.41, 5.74) is 8.22. The van der Waals surface area contributed by atoms with Crippen molar-refractivity contribution >= 4 is 12.0 Å². The molecule has 2 heteroatoms. The van der Waals surface area contributed by atoms with E-state index in [-0.39, 0.29) is 5.91 Å². The van der Waals surface area contributed by atoms with Crippen LogP contribution in [0.4, 0.5) is 0 Å². The van der Waals surface area contributed by atoms with Crippen molar-refractivity contribution in [3.05, 3.63) is 41.0 Å². The number of hydrogen-bond donors (Lipinski definition) is 1. The standard InChI is InChI=1S/C11H11NO/c12-11(13)10-6-5-8-3-1-2-4-9(8)7-10/h1,3,5-7H,2,4H2,(H2,12,13). The number of primary amides is 1. The lowest BCUT2D eigenvalue weighted by Gasteiger charge is -2.10.